The van der Waals surface area contributed by atoms with Crippen molar-refractivity contribution in [2.24, 2.45) is 0 Å². The van der Waals surface area contributed by atoms with Gasteiger partial charge in [0.25, 0.3) is 0 Å². The first kappa shape index (κ1) is 18.4. The predicted molar refractivity (Wildman–Crippen MR) is 111 cm³/mol. The summed E-state index contributed by atoms with van der Waals surface area (Å²) in [7, 11) is 0. The molecule has 4 heteroatoms. The standard InChI is InChI=1S/C25H18O4/c26-22(19-11-5-2-6-12-19)17-28-20-14-15-21-24(16-20)29-23(25(21)27)13-7-10-18-8-3-1-4-9-18/h1-16H,17H2. The summed E-state index contributed by atoms with van der Waals surface area (Å²) >= 11 is 0. The summed E-state index contributed by atoms with van der Waals surface area (Å²) in [5.74, 6) is 0.866. The van der Waals surface area contributed by atoms with E-state index in [0.717, 1.165) is 5.56 Å². The molecule has 0 bridgehead atoms. The molecule has 0 radical (unpaired) electrons. The molecule has 0 unspecified atom stereocenters. The van der Waals surface area contributed by atoms with E-state index in [1.54, 1.807) is 42.5 Å². The van der Waals surface area contributed by atoms with E-state index in [1.807, 2.05) is 54.6 Å². The molecule has 1 aliphatic heterocycles. The number of carbonyl (C=O) groups is 2. The first-order valence-corrected chi connectivity index (χ1v) is 9.22. The summed E-state index contributed by atoms with van der Waals surface area (Å²) in [6.07, 6.45) is 5.33. The second-order valence-corrected chi connectivity index (χ2v) is 6.47. The average Bonchev–Trinajstić information content (AvgIpc) is 3.08. The predicted octanol–water partition coefficient (Wildman–Crippen LogP) is 5.12. The Bertz CT molecular complexity index is 1100. The van der Waals surface area contributed by atoms with Crippen molar-refractivity contribution in [2.75, 3.05) is 6.61 Å². The minimum absolute atomic E-state index is 0.0841. The van der Waals surface area contributed by atoms with Crippen LogP contribution in [0.5, 0.6) is 11.5 Å². The van der Waals surface area contributed by atoms with Gasteiger partial charge in [0.1, 0.15) is 11.5 Å². The minimum atomic E-state index is -0.176. The Labute approximate surface area is 168 Å². The Morgan fingerprint density at radius 1 is 0.931 bits per heavy atom. The molecular weight excluding hydrogens is 364 g/mol. The second kappa shape index (κ2) is 8.40. The lowest BCUT2D eigenvalue weighted by atomic mass is 10.1. The SMILES string of the molecule is O=C(COc1ccc2c(c1)OC(=CC=Cc1ccccc1)C2=O)c1ccccc1. The third kappa shape index (κ3) is 4.33. The van der Waals surface area contributed by atoms with Crippen LogP contribution >= 0.6 is 0 Å². The number of hydrogen-bond acceptors (Lipinski definition) is 4. The van der Waals surface area contributed by atoms with Crippen molar-refractivity contribution in [1.29, 1.82) is 0 Å². The molecule has 0 aliphatic carbocycles. The summed E-state index contributed by atoms with van der Waals surface area (Å²) < 4.78 is 11.3. The monoisotopic (exact) mass is 382 g/mol. The Hall–Kier alpha value is -3.92. The number of carbonyl (C=O) groups excluding carboxylic acids is 2. The normalized spacial score (nSPS) is 14.1. The first-order valence-electron chi connectivity index (χ1n) is 9.22. The van der Waals surface area contributed by atoms with Crippen molar-refractivity contribution in [3.05, 3.63) is 113 Å². The van der Waals surface area contributed by atoms with Crippen LogP contribution < -0.4 is 9.47 Å². The fourth-order valence-corrected chi connectivity index (χ4v) is 2.94. The van der Waals surface area contributed by atoms with E-state index in [-0.39, 0.29) is 23.9 Å². The fourth-order valence-electron chi connectivity index (χ4n) is 2.94. The topological polar surface area (TPSA) is 52.6 Å². The molecule has 1 aliphatic rings. The van der Waals surface area contributed by atoms with Gasteiger partial charge in [-0.3, -0.25) is 9.59 Å². The van der Waals surface area contributed by atoms with E-state index >= 15 is 0 Å². The number of allylic oxidation sites excluding steroid dienone is 3. The van der Waals surface area contributed by atoms with Gasteiger partial charge < -0.3 is 9.47 Å². The molecule has 142 valence electrons. The van der Waals surface area contributed by atoms with E-state index in [4.69, 9.17) is 9.47 Å². The average molecular weight is 382 g/mol. The smallest absolute Gasteiger partial charge is 0.231 e. The van der Waals surface area contributed by atoms with Gasteiger partial charge in [-0.1, -0.05) is 72.8 Å². The number of ketones is 2. The molecule has 29 heavy (non-hydrogen) atoms. The van der Waals surface area contributed by atoms with Crippen LogP contribution in [0.25, 0.3) is 6.08 Å². The Morgan fingerprint density at radius 2 is 1.66 bits per heavy atom. The van der Waals surface area contributed by atoms with Gasteiger partial charge >= 0.3 is 0 Å². The summed E-state index contributed by atoms with van der Waals surface area (Å²) in [6, 6.07) is 23.7. The van der Waals surface area contributed by atoms with Gasteiger partial charge in [-0.2, -0.15) is 0 Å². The van der Waals surface area contributed by atoms with E-state index in [9.17, 15) is 9.59 Å². The lowest BCUT2D eigenvalue weighted by Gasteiger charge is -2.06. The maximum Gasteiger partial charge on any atom is 0.231 e. The number of hydrogen-bond donors (Lipinski definition) is 0. The van der Waals surface area contributed by atoms with Crippen molar-refractivity contribution >= 4 is 17.6 Å². The van der Waals surface area contributed by atoms with Crippen molar-refractivity contribution in [1.82, 2.24) is 0 Å². The number of fused-ring (bicyclic) bond motifs is 1. The van der Waals surface area contributed by atoms with Gasteiger partial charge in [0, 0.05) is 11.6 Å². The Kier molecular flexibility index (Phi) is 5.34. The van der Waals surface area contributed by atoms with Gasteiger partial charge in [-0.25, -0.2) is 0 Å². The van der Waals surface area contributed by atoms with Crippen LogP contribution in [0.4, 0.5) is 0 Å². The summed E-state index contributed by atoms with van der Waals surface area (Å²) in [6.45, 7) is -0.0841. The largest absolute Gasteiger partial charge is 0.485 e. The molecule has 4 rings (SSSR count). The van der Waals surface area contributed by atoms with Gasteiger partial charge in [-0.05, 0) is 23.8 Å². The molecule has 0 fully saturated rings. The van der Waals surface area contributed by atoms with Gasteiger partial charge in [-0.15, -0.1) is 0 Å². The van der Waals surface area contributed by atoms with E-state index in [1.165, 1.54) is 0 Å². The molecule has 0 aromatic heterocycles. The second-order valence-electron chi connectivity index (χ2n) is 6.47. The van der Waals surface area contributed by atoms with Crippen LogP contribution in [0.1, 0.15) is 26.3 Å². The van der Waals surface area contributed by atoms with Crippen molar-refractivity contribution < 1.29 is 19.1 Å². The highest BCUT2D eigenvalue weighted by Gasteiger charge is 2.27. The number of ether oxygens (including phenoxy) is 2. The quantitative estimate of drug-likeness (QED) is 0.439. The maximum atomic E-state index is 12.5. The zero-order chi connectivity index (χ0) is 20.1. The molecule has 4 nitrogen and oxygen atoms in total. The van der Waals surface area contributed by atoms with Gasteiger partial charge in [0.05, 0.1) is 5.56 Å². The highest BCUT2D eigenvalue weighted by Crippen LogP contribution is 2.34. The zero-order valence-electron chi connectivity index (χ0n) is 15.6. The van der Waals surface area contributed by atoms with Crippen LogP contribution in [0.3, 0.4) is 0 Å². The number of benzene rings is 3. The van der Waals surface area contributed by atoms with E-state index in [2.05, 4.69) is 0 Å². The molecule has 0 N–H and O–H groups in total. The number of rotatable bonds is 6. The lowest BCUT2D eigenvalue weighted by Crippen LogP contribution is -2.11. The first-order chi connectivity index (χ1) is 14.2. The van der Waals surface area contributed by atoms with E-state index < -0.39 is 0 Å². The molecule has 3 aromatic carbocycles. The summed E-state index contributed by atoms with van der Waals surface area (Å²) in [5, 5.41) is 0. The molecular formula is C25H18O4. The zero-order valence-corrected chi connectivity index (χ0v) is 15.6. The summed E-state index contributed by atoms with van der Waals surface area (Å²) in [4.78, 5) is 24.6. The van der Waals surface area contributed by atoms with Crippen LogP contribution in [-0.2, 0) is 0 Å². The van der Waals surface area contributed by atoms with Crippen molar-refractivity contribution in [2.45, 2.75) is 0 Å². The third-order valence-electron chi connectivity index (χ3n) is 4.44. The van der Waals surface area contributed by atoms with Crippen LogP contribution in [0.15, 0.2) is 96.8 Å². The lowest BCUT2D eigenvalue weighted by molar-refractivity contribution is 0.0921. The van der Waals surface area contributed by atoms with Crippen LogP contribution in [-0.4, -0.2) is 18.2 Å². The molecule has 0 spiro atoms. The summed E-state index contributed by atoms with van der Waals surface area (Å²) in [5.41, 5.74) is 2.10. The van der Waals surface area contributed by atoms with Crippen molar-refractivity contribution in [3.8, 4) is 11.5 Å². The molecule has 0 amide bonds. The third-order valence-corrected chi connectivity index (χ3v) is 4.44. The molecule has 1 heterocycles. The van der Waals surface area contributed by atoms with Crippen LogP contribution in [0, 0.1) is 0 Å². The molecule has 0 saturated carbocycles. The van der Waals surface area contributed by atoms with Gasteiger partial charge in [0.2, 0.25) is 5.78 Å². The fraction of sp³-hybridized carbons (Fsp3) is 0.0400. The van der Waals surface area contributed by atoms with E-state index in [0.29, 0.717) is 22.6 Å². The highest BCUT2D eigenvalue weighted by atomic mass is 16.5. The number of Topliss-reactive ketones (excluding diaryl/α,β-unsaturated/α-hetero) is 2. The Balaban J connectivity index is 1.42. The molecule has 0 saturated heterocycles. The Morgan fingerprint density at radius 3 is 2.41 bits per heavy atom. The highest BCUT2D eigenvalue weighted by molar-refractivity contribution is 6.12. The van der Waals surface area contributed by atoms with Crippen LogP contribution in [0.2, 0.25) is 0 Å². The minimum Gasteiger partial charge on any atom is -0.485 e. The maximum absolute atomic E-state index is 12.5. The van der Waals surface area contributed by atoms with Crippen molar-refractivity contribution in [3.63, 3.8) is 0 Å². The van der Waals surface area contributed by atoms with Gasteiger partial charge in [0.15, 0.2) is 18.1 Å². The molecule has 3 aromatic rings. The molecule has 0 atom stereocenters.